The van der Waals surface area contributed by atoms with Crippen LogP contribution in [0.1, 0.15) is 6.92 Å². The van der Waals surface area contributed by atoms with E-state index in [4.69, 9.17) is 9.47 Å². The first-order chi connectivity index (χ1) is 8.58. The first kappa shape index (κ1) is 12.2. The van der Waals surface area contributed by atoms with Crippen LogP contribution in [-0.4, -0.2) is 30.6 Å². The molecule has 2 atom stereocenters. The number of hydrogen-bond donors (Lipinski definition) is 1. The van der Waals surface area contributed by atoms with Gasteiger partial charge in [0.05, 0.1) is 12.0 Å². The lowest BCUT2D eigenvalue weighted by Crippen LogP contribution is -2.52. The van der Waals surface area contributed by atoms with Crippen molar-refractivity contribution in [2.24, 2.45) is 0 Å². The third-order valence-corrected chi connectivity index (χ3v) is 2.51. The zero-order valence-electron chi connectivity index (χ0n) is 9.71. The number of rotatable bonds is 3. The zero-order chi connectivity index (χ0) is 13.1. The average Bonchev–Trinajstić information content (AvgIpc) is 2.37. The van der Waals surface area contributed by atoms with E-state index in [-0.39, 0.29) is 6.61 Å². The highest BCUT2D eigenvalue weighted by Crippen LogP contribution is 2.30. The van der Waals surface area contributed by atoms with Gasteiger partial charge in [-0.05, 0) is 19.1 Å². The number of carboxylic acid groups (broad SMARTS) is 1. The second-order valence-corrected chi connectivity index (χ2v) is 3.91. The third kappa shape index (κ3) is 2.53. The van der Waals surface area contributed by atoms with E-state index in [2.05, 4.69) is 5.32 Å². The summed E-state index contributed by atoms with van der Waals surface area (Å²) >= 11 is 0. The van der Waals surface area contributed by atoms with Gasteiger partial charge in [-0.25, -0.2) is 0 Å². The maximum atomic E-state index is 11.7. The Morgan fingerprint density at radius 2 is 2.06 bits per heavy atom. The topological polar surface area (TPSA) is 87.7 Å². The Labute approximate surface area is 104 Å². The molecule has 0 fully saturated rings. The van der Waals surface area contributed by atoms with Gasteiger partial charge in [0.2, 0.25) is 6.10 Å². The summed E-state index contributed by atoms with van der Waals surface area (Å²) in [4.78, 5) is 22.2. The van der Waals surface area contributed by atoms with E-state index in [9.17, 15) is 14.7 Å². The van der Waals surface area contributed by atoms with Crippen LogP contribution in [0.15, 0.2) is 24.3 Å². The highest BCUT2D eigenvalue weighted by Gasteiger charge is 2.28. The number of benzene rings is 1. The number of aliphatic carboxylic acids is 1. The fourth-order valence-corrected chi connectivity index (χ4v) is 1.51. The Morgan fingerprint density at radius 1 is 1.39 bits per heavy atom. The molecule has 2 rings (SSSR count). The second kappa shape index (κ2) is 4.95. The molecule has 0 radical (unpaired) electrons. The van der Waals surface area contributed by atoms with Gasteiger partial charge in [0.1, 0.15) is 6.61 Å². The number of carboxylic acids is 1. The quantitative estimate of drug-likeness (QED) is 0.749. The molecule has 0 aliphatic carbocycles. The van der Waals surface area contributed by atoms with Gasteiger partial charge in [-0.15, -0.1) is 0 Å². The molecule has 6 heteroatoms. The fraction of sp³-hybridized carbons (Fsp3) is 0.333. The maximum absolute atomic E-state index is 11.7. The smallest absolute Gasteiger partial charge is 0.265 e. The van der Waals surface area contributed by atoms with Crippen molar-refractivity contribution in [1.82, 2.24) is 5.32 Å². The van der Waals surface area contributed by atoms with Gasteiger partial charge in [-0.1, -0.05) is 12.1 Å². The molecule has 18 heavy (non-hydrogen) atoms. The van der Waals surface area contributed by atoms with Crippen molar-refractivity contribution < 1.29 is 24.2 Å². The van der Waals surface area contributed by atoms with Crippen LogP contribution in [0.5, 0.6) is 11.5 Å². The van der Waals surface area contributed by atoms with Crippen LogP contribution >= 0.6 is 0 Å². The Morgan fingerprint density at radius 3 is 2.72 bits per heavy atom. The number of carbonyl (C=O) groups is 2. The molecule has 0 aromatic heterocycles. The van der Waals surface area contributed by atoms with Crippen LogP contribution in [0.4, 0.5) is 0 Å². The largest absolute Gasteiger partial charge is 0.548 e. The van der Waals surface area contributed by atoms with Gasteiger partial charge in [0.15, 0.2) is 11.5 Å². The number of nitrogens with one attached hydrogen (secondary N) is 1. The van der Waals surface area contributed by atoms with Crippen molar-refractivity contribution in [3.05, 3.63) is 24.3 Å². The summed E-state index contributed by atoms with van der Waals surface area (Å²) in [5.74, 6) is -0.860. The van der Waals surface area contributed by atoms with E-state index in [1.807, 2.05) is 0 Å². The molecule has 0 bridgehead atoms. The van der Waals surface area contributed by atoms with E-state index >= 15 is 0 Å². The summed E-state index contributed by atoms with van der Waals surface area (Å²) in [7, 11) is 0. The van der Waals surface area contributed by atoms with Crippen LogP contribution < -0.4 is 19.9 Å². The number of fused-ring (bicyclic) bond motifs is 1. The lowest BCUT2D eigenvalue weighted by atomic mass is 10.2. The van der Waals surface area contributed by atoms with Gasteiger partial charge in [0, 0.05) is 0 Å². The van der Waals surface area contributed by atoms with Crippen molar-refractivity contribution >= 4 is 11.9 Å². The fourth-order valence-electron chi connectivity index (χ4n) is 1.51. The van der Waals surface area contributed by atoms with Gasteiger partial charge in [0.25, 0.3) is 5.91 Å². The molecule has 1 aromatic carbocycles. The molecule has 0 saturated carbocycles. The first-order valence-electron chi connectivity index (χ1n) is 5.47. The summed E-state index contributed by atoms with van der Waals surface area (Å²) < 4.78 is 10.8. The van der Waals surface area contributed by atoms with Crippen LogP contribution in [0.25, 0.3) is 0 Å². The molecule has 1 N–H and O–H groups in total. The lowest BCUT2D eigenvalue weighted by Gasteiger charge is -2.26. The predicted molar refractivity (Wildman–Crippen MR) is 59.0 cm³/mol. The number of ether oxygens (including phenoxy) is 2. The number of amides is 1. The molecule has 6 nitrogen and oxygen atoms in total. The van der Waals surface area contributed by atoms with Crippen LogP contribution in [-0.2, 0) is 9.59 Å². The minimum Gasteiger partial charge on any atom is -0.548 e. The van der Waals surface area contributed by atoms with E-state index in [1.165, 1.54) is 6.92 Å². The minimum absolute atomic E-state index is 0.0443. The summed E-state index contributed by atoms with van der Waals surface area (Å²) in [6.07, 6.45) is -0.860. The van der Waals surface area contributed by atoms with E-state index in [1.54, 1.807) is 24.3 Å². The molecule has 1 heterocycles. The van der Waals surface area contributed by atoms with Gasteiger partial charge in [-0.2, -0.15) is 0 Å². The van der Waals surface area contributed by atoms with Gasteiger partial charge < -0.3 is 24.7 Å². The molecular weight excluding hydrogens is 238 g/mol. The standard InChI is InChI=1S/C12H13NO5/c1-7(12(15)16)13-11(14)10-6-17-8-4-2-3-5-9(8)18-10/h2-5,7,10H,6H2,1H3,(H,13,14)(H,15,16)/p-1/t7-,10-/m0/s1. The van der Waals surface area contributed by atoms with Crippen LogP contribution in [0.2, 0.25) is 0 Å². The van der Waals surface area contributed by atoms with Crippen LogP contribution in [0, 0.1) is 0 Å². The van der Waals surface area contributed by atoms with E-state index in [0.717, 1.165) is 0 Å². The number of carbonyl (C=O) groups excluding carboxylic acids is 2. The average molecular weight is 250 g/mol. The molecule has 1 amide bonds. The molecule has 0 saturated heterocycles. The third-order valence-electron chi connectivity index (χ3n) is 2.51. The van der Waals surface area contributed by atoms with Crippen LogP contribution in [0.3, 0.4) is 0 Å². The van der Waals surface area contributed by atoms with E-state index in [0.29, 0.717) is 11.5 Å². The van der Waals surface area contributed by atoms with Crippen molar-refractivity contribution in [3.63, 3.8) is 0 Å². The number of para-hydroxylation sites is 2. The molecule has 0 spiro atoms. The van der Waals surface area contributed by atoms with Crippen molar-refractivity contribution in [3.8, 4) is 11.5 Å². The lowest BCUT2D eigenvalue weighted by molar-refractivity contribution is -0.307. The van der Waals surface area contributed by atoms with Crippen molar-refractivity contribution in [1.29, 1.82) is 0 Å². The Kier molecular flexibility index (Phi) is 3.36. The molecule has 1 aliphatic heterocycles. The predicted octanol–water partition coefficient (Wildman–Crippen LogP) is -0.919. The summed E-state index contributed by atoms with van der Waals surface area (Å²) in [6, 6.07) is 5.88. The highest BCUT2D eigenvalue weighted by molar-refractivity contribution is 5.86. The SMILES string of the molecule is C[C@H](NC(=O)[C@@H]1COc2ccccc2O1)C(=O)[O-]. The van der Waals surface area contributed by atoms with Gasteiger partial charge >= 0.3 is 0 Å². The monoisotopic (exact) mass is 250 g/mol. The Balaban J connectivity index is 2.00. The van der Waals surface area contributed by atoms with Gasteiger partial charge in [-0.3, -0.25) is 4.79 Å². The summed E-state index contributed by atoms with van der Waals surface area (Å²) in [6.45, 7) is 1.37. The normalized spacial score (nSPS) is 18.8. The second-order valence-electron chi connectivity index (χ2n) is 3.91. The highest BCUT2D eigenvalue weighted by atomic mass is 16.6. The zero-order valence-corrected chi connectivity index (χ0v) is 9.71. The summed E-state index contributed by atoms with van der Waals surface area (Å²) in [5, 5.41) is 12.8. The molecule has 1 aliphatic rings. The first-order valence-corrected chi connectivity index (χ1v) is 5.47. The molecular formula is C12H12NO5-. The van der Waals surface area contributed by atoms with Crippen molar-refractivity contribution in [2.45, 2.75) is 19.1 Å². The van der Waals surface area contributed by atoms with Crippen molar-refractivity contribution in [2.75, 3.05) is 6.61 Å². The molecule has 96 valence electrons. The Bertz CT molecular complexity index is 473. The maximum Gasteiger partial charge on any atom is 0.265 e. The Hall–Kier alpha value is -2.24. The number of hydrogen-bond acceptors (Lipinski definition) is 5. The molecule has 0 unspecified atom stereocenters. The minimum atomic E-state index is -1.35. The molecule has 1 aromatic rings. The summed E-state index contributed by atoms with van der Waals surface area (Å²) in [5.41, 5.74) is 0. The van der Waals surface area contributed by atoms with E-state index < -0.39 is 24.0 Å².